The van der Waals surface area contributed by atoms with Crippen molar-refractivity contribution in [3.8, 4) is 0 Å². The summed E-state index contributed by atoms with van der Waals surface area (Å²) in [6, 6.07) is 0.416. The summed E-state index contributed by atoms with van der Waals surface area (Å²) in [6.07, 6.45) is 2.67. The van der Waals surface area contributed by atoms with Crippen LogP contribution < -0.4 is 10.6 Å². The van der Waals surface area contributed by atoms with Gasteiger partial charge >= 0.3 is 0 Å². The van der Waals surface area contributed by atoms with E-state index >= 15 is 0 Å². The fourth-order valence-corrected chi connectivity index (χ4v) is 1.61. The third-order valence-corrected chi connectivity index (χ3v) is 2.86. The summed E-state index contributed by atoms with van der Waals surface area (Å²) in [5, 5.41) is 5.92. The maximum absolute atomic E-state index is 11.6. The molecule has 0 aliphatic heterocycles. The third-order valence-electron chi connectivity index (χ3n) is 2.86. The van der Waals surface area contributed by atoms with Crippen molar-refractivity contribution >= 4 is 11.8 Å². The van der Waals surface area contributed by atoms with Crippen LogP contribution in [0.5, 0.6) is 0 Å². The highest BCUT2D eigenvalue weighted by atomic mass is 16.2. The lowest BCUT2D eigenvalue weighted by molar-refractivity contribution is -0.130. The Morgan fingerprint density at radius 1 is 1.24 bits per heavy atom. The molecular weight excluding hydrogens is 218 g/mol. The lowest BCUT2D eigenvalue weighted by atomic mass is 10.3. The maximum atomic E-state index is 11.6. The first kappa shape index (κ1) is 14.0. The van der Waals surface area contributed by atoms with Crippen LogP contribution in [0.4, 0.5) is 0 Å². The monoisotopic (exact) mass is 241 g/mol. The predicted octanol–water partition coefficient (Wildman–Crippen LogP) is 0.113. The largest absolute Gasteiger partial charge is 0.353 e. The molecule has 0 spiro atoms. The normalized spacial score (nSPS) is 14.5. The van der Waals surface area contributed by atoms with E-state index in [0.29, 0.717) is 25.6 Å². The van der Waals surface area contributed by atoms with Crippen molar-refractivity contribution in [2.45, 2.75) is 39.2 Å². The summed E-state index contributed by atoms with van der Waals surface area (Å²) in [5.74, 6) is 0.174. The molecule has 1 fully saturated rings. The van der Waals surface area contributed by atoms with Gasteiger partial charge in [0, 0.05) is 32.1 Å². The molecule has 0 heterocycles. The fraction of sp³-hybridized carbons (Fsp3) is 0.833. The number of rotatable bonds is 8. The van der Waals surface area contributed by atoms with Gasteiger partial charge in [0.2, 0.25) is 11.8 Å². The molecule has 0 bridgehead atoms. The molecule has 1 rings (SSSR count). The number of nitrogens with zero attached hydrogens (tertiary/aromatic N) is 1. The molecule has 17 heavy (non-hydrogen) atoms. The van der Waals surface area contributed by atoms with Crippen LogP contribution >= 0.6 is 0 Å². The van der Waals surface area contributed by atoms with E-state index in [1.54, 1.807) is 4.90 Å². The Hall–Kier alpha value is -1.10. The van der Waals surface area contributed by atoms with Gasteiger partial charge in [0.05, 0.1) is 6.54 Å². The van der Waals surface area contributed by atoms with Crippen LogP contribution in [0.25, 0.3) is 0 Å². The van der Waals surface area contributed by atoms with Crippen molar-refractivity contribution in [1.82, 2.24) is 15.5 Å². The minimum atomic E-state index is 0.0790. The zero-order valence-corrected chi connectivity index (χ0v) is 10.8. The van der Waals surface area contributed by atoms with Gasteiger partial charge in [-0.05, 0) is 26.7 Å². The van der Waals surface area contributed by atoms with E-state index in [1.807, 2.05) is 13.8 Å². The van der Waals surface area contributed by atoms with Crippen molar-refractivity contribution in [3.05, 3.63) is 0 Å². The molecule has 1 saturated carbocycles. The van der Waals surface area contributed by atoms with E-state index < -0.39 is 0 Å². The van der Waals surface area contributed by atoms with Gasteiger partial charge < -0.3 is 15.5 Å². The van der Waals surface area contributed by atoms with Gasteiger partial charge in [-0.15, -0.1) is 0 Å². The van der Waals surface area contributed by atoms with E-state index in [-0.39, 0.29) is 11.8 Å². The predicted molar refractivity (Wildman–Crippen MR) is 66.6 cm³/mol. The zero-order chi connectivity index (χ0) is 12.7. The quantitative estimate of drug-likeness (QED) is 0.593. The lowest BCUT2D eigenvalue weighted by Gasteiger charge is -2.18. The van der Waals surface area contributed by atoms with E-state index in [4.69, 9.17) is 0 Å². The Bertz CT molecular complexity index is 260. The van der Waals surface area contributed by atoms with Crippen LogP contribution in [0.3, 0.4) is 0 Å². The molecule has 2 amide bonds. The summed E-state index contributed by atoms with van der Waals surface area (Å²) in [7, 11) is 0. The second-order valence-electron chi connectivity index (χ2n) is 4.33. The van der Waals surface area contributed by atoms with Crippen LogP contribution in [0, 0.1) is 0 Å². The van der Waals surface area contributed by atoms with E-state index in [0.717, 1.165) is 25.9 Å². The Morgan fingerprint density at radius 2 is 1.88 bits per heavy atom. The summed E-state index contributed by atoms with van der Waals surface area (Å²) in [5.41, 5.74) is 0. The molecule has 5 nitrogen and oxygen atoms in total. The number of carbonyl (C=O) groups excluding carboxylic acids is 2. The molecule has 5 heteroatoms. The second-order valence-corrected chi connectivity index (χ2v) is 4.33. The van der Waals surface area contributed by atoms with Crippen LogP contribution in [-0.2, 0) is 9.59 Å². The van der Waals surface area contributed by atoms with Crippen LogP contribution in [0.1, 0.15) is 33.1 Å². The average molecular weight is 241 g/mol. The van der Waals surface area contributed by atoms with Crippen molar-refractivity contribution in [3.63, 3.8) is 0 Å². The van der Waals surface area contributed by atoms with E-state index in [9.17, 15) is 9.59 Å². The van der Waals surface area contributed by atoms with Gasteiger partial charge in [-0.25, -0.2) is 0 Å². The number of amides is 2. The van der Waals surface area contributed by atoms with Crippen LogP contribution in [0.15, 0.2) is 0 Å². The molecule has 1 aliphatic carbocycles. The summed E-state index contributed by atoms with van der Waals surface area (Å²) < 4.78 is 0. The Labute approximate surface area is 103 Å². The molecule has 0 aromatic carbocycles. The summed E-state index contributed by atoms with van der Waals surface area (Å²) in [6.45, 7) is 6.28. The van der Waals surface area contributed by atoms with E-state index in [1.165, 1.54) is 0 Å². The van der Waals surface area contributed by atoms with Crippen molar-refractivity contribution in [2.75, 3.05) is 26.2 Å². The molecule has 0 aromatic rings. The number of nitrogens with one attached hydrogen (secondary N) is 2. The molecule has 0 radical (unpaired) electrons. The third kappa shape index (κ3) is 5.68. The molecule has 0 aromatic heterocycles. The minimum Gasteiger partial charge on any atom is -0.353 e. The molecule has 2 N–H and O–H groups in total. The first-order valence-electron chi connectivity index (χ1n) is 6.45. The standard InChI is InChI=1S/C12H23N3O2/c1-3-15(4-2)12(17)9-13-8-7-11(16)14-10-5-6-10/h10,13H,3-9H2,1-2H3,(H,14,16). The Kier molecular flexibility index (Phi) is 5.97. The number of hydrogen-bond acceptors (Lipinski definition) is 3. The number of likely N-dealkylation sites (N-methyl/N-ethyl adjacent to an activating group) is 1. The van der Waals surface area contributed by atoms with Crippen LogP contribution in [-0.4, -0.2) is 48.9 Å². The van der Waals surface area contributed by atoms with Gasteiger partial charge in [0.15, 0.2) is 0 Å². The fourth-order valence-electron chi connectivity index (χ4n) is 1.61. The molecule has 0 unspecified atom stereocenters. The van der Waals surface area contributed by atoms with E-state index in [2.05, 4.69) is 10.6 Å². The second kappa shape index (κ2) is 7.27. The van der Waals surface area contributed by atoms with Gasteiger partial charge in [0.25, 0.3) is 0 Å². The first-order valence-corrected chi connectivity index (χ1v) is 6.45. The summed E-state index contributed by atoms with van der Waals surface area (Å²) in [4.78, 5) is 24.7. The SMILES string of the molecule is CCN(CC)C(=O)CNCCC(=O)NC1CC1. The highest BCUT2D eigenvalue weighted by Gasteiger charge is 2.22. The van der Waals surface area contributed by atoms with Gasteiger partial charge in [0.1, 0.15) is 0 Å². The van der Waals surface area contributed by atoms with Crippen molar-refractivity contribution < 1.29 is 9.59 Å². The number of carbonyl (C=O) groups is 2. The topological polar surface area (TPSA) is 61.4 Å². The van der Waals surface area contributed by atoms with Crippen molar-refractivity contribution in [1.29, 1.82) is 0 Å². The minimum absolute atomic E-state index is 0.0790. The average Bonchev–Trinajstić information content (AvgIpc) is 3.10. The van der Waals surface area contributed by atoms with Gasteiger partial charge in [-0.1, -0.05) is 0 Å². The molecule has 0 atom stereocenters. The number of hydrogen-bond donors (Lipinski definition) is 2. The van der Waals surface area contributed by atoms with Crippen molar-refractivity contribution in [2.24, 2.45) is 0 Å². The van der Waals surface area contributed by atoms with Gasteiger partial charge in [-0.2, -0.15) is 0 Å². The summed E-state index contributed by atoms with van der Waals surface area (Å²) >= 11 is 0. The molecule has 98 valence electrons. The zero-order valence-electron chi connectivity index (χ0n) is 10.8. The highest BCUT2D eigenvalue weighted by molar-refractivity contribution is 5.78. The first-order chi connectivity index (χ1) is 8.17. The molecule has 0 saturated heterocycles. The molecular formula is C12H23N3O2. The molecule has 1 aliphatic rings. The maximum Gasteiger partial charge on any atom is 0.236 e. The highest BCUT2D eigenvalue weighted by Crippen LogP contribution is 2.18. The smallest absolute Gasteiger partial charge is 0.236 e. The Morgan fingerprint density at radius 3 is 2.41 bits per heavy atom. The van der Waals surface area contributed by atoms with Gasteiger partial charge in [-0.3, -0.25) is 9.59 Å². The lowest BCUT2D eigenvalue weighted by Crippen LogP contribution is -2.39. The Balaban J connectivity index is 2.02. The van der Waals surface area contributed by atoms with Crippen LogP contribution in [0.2, 0.25) is 0 Å².